The highest BCUT2D eigenvalue weighted by Gasteiger charge is 2.46. The Labute approximate surface area is 137 Å². The Bertz CT molecular complexity index is 699. The van der Waals surface area contributed by atoms with Gasteiger partial charge in [-0.15, -0.1) is 0 Å². The predicted molar refractivity (Wildman–Crippen MR) is 79.4 cm³/mol. The number of aromatic nitrogens is 2. The van der Waals surface area contributed by atoms with Crippen molar-refractivity contribution in [1.82, 2.24) is 9.97 Å². The minimum atomic E-state index is -1.74. The van der Waals surface area contributed by atoms with Gasteiger partial charge in [-0.05, 0) is 22.0 Å². The summed E-state index contributed by atoms with van der Waals surface area (Å²) in [5, 5.41) is 19.2. The average Bonchev–Trinajstić information content (AvgIpc) is 2.93. The normalized spacial score (nSPS) is 29.4. The molecule has 0 saturated carbocycles. The lowest BCUT2D eigenvalue weighted by Crippen LogP contribution is -2.30. The highest BCUT2D eigenvalue weighted by molar-refractivity contribution is 9.10. The molecule has 0 unspecified atom stereocenters. The summed E-state index contributed by atoms with van der Waals surface area (Å²) in [7, 11) is 0. The van der Waals surface area contributed by atoms with Crippen LogP contribution in [0.3, 0.4) is 0 Å². The fraction of sp³-hybridized carbons (Fsp3) is 0.417. The first kappa shape index (κ1) is 15.5. The molecule has 1 saturated heterocycles. The zero-order valence-electron chi connectivity index (χ0n) is 10.4. The zero-order chi connectivity index (χ0) is 15.3. The number of nitrogens with one attached hydrogen (secondary N) is 1. The van der Waals surface area contributed by atoms with Gasteiger partial charge in [0.15, 0.2) is 10.9 Å². The molecule has 3 rings (SSSR count). The molecule has 0 aliphatic carbocycles. The molecular weight excluding hydrogens is 390 g/mol. The number of H-pyrrole nitrogens is 1. The number of nitrogens with zero attached hydrogens (tertiary/aromatic N) is 1. The van der Waals surface area contributed by atoms with E-state index in [2.05, 4.69) is 25.9 Å². The Hall–Kier alpha value is -0.440. The maximum atomic E-state index is 14.3. The number of halogens is 4. The number of aliphatic hydroxyl groups is 2. The number of aromatic amines is 1. The molecular formula is C12H10BrCl2FN2O3. The SMILES string of the molecule is OC[C@H]1O[C@@H](c2c(Cl)c(Cl)cc3[nH]c(Br)nc23)[C@H](F)[C@@H]1O. The summed E-state index contributed by atoms with van der Waals surface area (Å²) in [6.45, 7) is -0.496. The molecule has 0 spiro atoms. The first-order valence-corrected chi connectivity index (χ1v) is 7.60. The number of aliphatic hydroxyl groups excluding tert-OH is 2. The molecule has 1 aliphatic heterocycles. The maximum Gasteiger partial charge on any atom is 0.175 e. The van der Waals surface area contributed by atoms with Gasteiger partial charge in [0.2, 0.25) is 0 Å². The molecule has 1 aliphatic rings. The van der Waals surface area contributed by atoms with E-state index in [9.17, 15) is 9.50 Å². The Morgan fingerprint density at radius 1 is 1.48 bits per heavy atom. The standard InChI is InChI=1S/C12H10BrCl2FN2O3/c13-12-17-4-1-3(14)7(15)6(9(4)18-12)11-8(16)10(20)5(2-19)21-11/h1,5,8,10-11,19-20H,2H2,(H,17,18)/t5-,8-,10-,11+/m1/s1. The van der Waals surface area contributed by atoms with Crippen LogP contribution in [0.15, 0.2) is 10.8 Å². The molecule has 114 valence electrons. The summed E-state index contributed by atoms with van der Waals surface area (Å²) < 4.78 is 20.1. The summed E-state index contributed by atoms with van der Waals surface area (Å²) in [4.78, 5) is 7.11. The Kier molecular flexibility index (Phi) is 4.15. The van der Waals surface area contributed by atoms with E-state index < -0.39 is 31.1 Å². The van der Waals surface area contributed by atoms with Gasteiger partial charge in [0.1, 0.15) is 18.3 Å². The first-order valence-electron chi connectivity index (χ1n) is 6.05. The molecule has 21 heavy (non-hydrogen) atoms. The van der Waals surface area contributed by atoms with Crippen molar-refractivity contribution in [3.8, 4) is 0 Å². The van der Waals surface area contributed by atoms with Crippen LogP contribution in [-0.4, -0.2) is 45.2 Å². The summed E-state index contributed by atoms with van der Waals surface area (Å²) >= 11 is 15.4. The van der Waals surface area contributed by atoms with Gasteiger partial charge >= 0.3 is 0 Å². The van der Waals surface area contributed by atoms with Crippen molar-refractivity contribution in [3.63, 3.8) is 0 Å². The van der Waals surface area contributed by atoms with Crippen LogP contribution < -0.4 is 0 Å². The molecule has 1 aromatic heterocycles. The van der Waals surface area contributed by atoms with Gasteiger partial charge in [-0.2, -0.15) is 0 Å². The molecule has 0 radical (unpaired) electrons. The van der Waals surface area contributed by atoms with Crippen LogP contribution in [0.25, 0.3) is 11.0 Å². The Morgan fingerprint density at radius 3 is 2.81 bits per heavy atom. The number of hydrogen-bond donors (Lipinski definition) is 3. The number of rotatable bonds is 2. The van der Waals surface area contributed by atoms with E-state index in [1.165, 1.54) is 0 Å². The summed E-state index contributed by atoms with van der Waals surface area (Å²) in [5.74, 6) is 0. The second-order valence-corrected chi connectivity index (χ2v) is 6.26. The van der Waals surface area contributed by atoms with Gasteiger partial charge in [0.25, 0.3) is 0 Å². The lowest BCUT2D eigenvalue weighted by atomic mass is 10.0. The van der Waals surface area contributed by atoms with Gasteiger partial charge in [0, 0.05) is 5.56 Å². The van der Waals surface area contributed by atoms with Crippen LogP contribution in [0.5, 0.6) is 0 Å². The molecule has 0 amide bonds. The van der Waals surface area contributed by atoms with Crippen LogP contribution >= 0.6 is 39.1 Å². The fourth-order valence-corrected chi connectivity index (χ4v) is 3.31. The molecule has 5 nitrogen and oxygen atoms in total. The van der Waals surface area contributed by atoms with Crippen LogP contribution in [-0.2, 0) is 4.74 Å². The molecule has 2 heterocycles. The number of ether oxygens (including phenoxy) is 1. The summed E-state index contributed by atoms with van der Waals surface area (Å²) in [6.07, 6.45) is -5.34. The van der Waals surface area contributed by atoms with E-state index in [4.69, 9.17) is 33.0 Å². The van der Waals surface area contributed by atoms with Crippen molar-refractivity contribution in [3.05, 3.63) is 26.4 Å². The molecule has 1 aromatic carbocycles. The summed E-state index contributed by atoms with van der Waals surface area (Å²) in [5.41, 5.74) is 1.21. The molecule has 9 heteroatoms. The minimum Gasteiger partial charge on any atom is -0.394 e. The van der Waals surface area contributed by atoms with Gasteiger partial charge in [0.05, 0.1) is 27.7 Å². The number of alkyl halides is 1. The third-order valence-corrected chi connectivity index (χ3v) is 4.64. The highest BCUT2D eigenvalue weighted by Crippen LogP contribution is 2.44. The van der Waals surface area contributed by atoms with Crippen LogP contribution in [0, 0.1) is 0 Å². The predicted octanol–water partition coefficient (Wildman–Crippen LogP) is 2.76. The number of fused-ring (bicyclic) bond motifs is 1. The fourth-order valence-electron chi connectivity index (χ4n) is 2.46. The smallest absolute Gasteiger partial charge is 0.175 e. The number of imidazole rings is 1. The first-order chi connectivity index (χ1) is 9.93. The third kappa shape index (κ3) is 2.46. The van der Waals surface area contributed by atoms with Crippen molar-refractivity contribution < 1.29 is 19.3 Å². The van der Waals surface area contributed by atoms with Crippen molar-refractivity contribution in [2.45, 2.75) is 24.5 Å². The maximum absolute atomic E-state index is 14.3. The molecule has 3 N–H and O–H groups in total. The monoisotopic (exact) mass is 398 g/mol. The van der Waals surface area contributed by atoms with Crippen molar-refractivity contribution >= 4 is 50.2 Å². The number of benzene rings is 1. The van der Waals surface area contributed by atoms with Crippen molar-refractivity contribution in [1.29, 1.82) is 0 Å². The van der Waals surface area contributed by atoms with Crippen LogP contribution in [0.2, 0.25) is 10.0 Å². The largest absolute Gasteiger partial charge is 0.394 e. The molecule has 2 aromatic rings. The minimum absolute atomic E-state index is 0.113. The van der Waals surface area contributed by atoms with Gasteiger partial charge < -0.3 is 19.9 Å². The highest BCUT2D eigenvalue weighted by atomic mass is 79.9. The third-order valence-electron chi connectivity index (χ3n) is 3.46. The van der Waals surface area contributed by atoms with E-state index in [-0.39, 0.29) is 15.6 Å². The van der Waals surface area contributed by atoms with Crippen LogP contribution in [0.4, 0.5) is 4.39 Å². The van der Waals surface area contributed by atoms with Crippen LogP contribution in [0.1, 0.15) is 11.7 Å². The van der Waals surface area contributed by atoms with Gasteiger partial charge in [-0.25, -0.2) is 9.37 Å². The molecule has 1 fully saturated rings. The van der Waals surface area contributed by atoms with E-state index in [1.54, 1.807) is 6.07 Å². The van der Waals surface area contributed by atoms with E-state index in [0.717, 1.165) is 0 Å². The lowest BCUT2D eigenvalue weighted by Gasteiger charge is -2.16. The van der Waals surface area contributed by atoms with Gasteiger partial charge in [-0.3, -0.25) is 0 Å². The second-order valence-electron chi connectivity index (χ2n) is 4.72. The van der Waals surface area contributed by atoms with E-state index in [1.807, 2.05) is 0 Å². The quantitative estimate of drug-likeness (QED) is 0.725. The Morgan fingerprint density at radius 2 is 2.19 bits per heavy atom. The second kappa shape index (κ2) is 5.64. The average molecular weight is 400 g/mol. The topological polar surface area (TPSA) is 78.4 Å². The zero-order valence-corrected chi connectivity index (χ0v) is 13.5. The lowest BCUT2D eigenvalue weighted by molar-refractivity contribution is -0.0222. The van der Waals surface area contributed by atoms with Gasteiger partial charge in [-0.1, -0.05) is 23.2 Å². The molecule has 0 bridgehead atoms. The van der Waals surface area contributed by atoms with Crippen molar-refractivity contribution in [2.75, 3.05) is 6.61 Å². The summed E-state index contributed by atoms with van der Waals surface area (Å²) in [6, 6.07) is 1.57. The van der Waals surface area contributed by atoms with E-state index >= 15 is 0 Å². The van der Waals surface area contributed by atoms with E-state index in [0.29, 0.717) is 15.8 Å². The Balaban J connectivity index is 2.18. The van der Waals surface area contributed by atoms with Crippen molar-refractivity contribution in [2.24, 2.45) is 0 Å². The number of hydrogen-bond acceptors (Lipinski definition) is 4. The molecule has 4 atom stereocenters.